The maximum Gasteiger partial charge on any atom is 0.303 e. The summed E-state index contributed by atoms with van der Waals surface area (Å²) in [5, 5.41) is 16.4. The minimum Gasteiger partial charge on any atom is -0.481 e. The van der Waals surface area contributed by atoms with Crippen molar-refractivity contribution in [3.05, 3.63) is 47.7 Å². The van der Waals surface area contributed by atoms with Crippen molar-refractivity contribution in [2.75, 3.05) is 0 Å². The minimum atomic E-state index is -0.802. The monoisotopic (exact) mass is 260 g/mol. The number of benzene rings is 1. The normalized spacial score (nSPS) is 10.5. The molecule has 1 aromatic heterocycles. The van der Waals surface area contributed by atoms with Gasteiger partial charge in [0.25, 0.3) is 0 Å². The fourth-order valence-corrected chi connectivity index (χ4v) is 1.78. The molecule has 0 aliphatic rings. The topological polar surface area (TPSA) is 76.2 Å². The number of hydrogen-bond donors (Lipinski definition) is 1. The summed E-state index contributed by atoms with van der Waals surface area (Å²) in [5.41, 5.74) is 1.23. The van der Waals surface area contributed by atoms with Gasteiger partial charge in [-0.05, 0) is 18.4 Å². The van der Waals surface area contributed by atoms with E-state index in [-0.39, 0.29) is 6.42 Å². The lowest BCUT2D eigenvalue weighted by Gasteiger charge is -1.97. The van der Waals surface area contributed by atoms with Gasteiger partial charge in [-0.25, -0.2) is 0 Å². The Hall–Kier alpha value is -2.17. The van der Waals surface area contributed by atoms with Gasteiger partial charge in [-0.15, -0.1) is 10.2 Å². The van der Waals surface area contributed by atoms with Crippen molar-refractivity contribution in [2.45, 2.75) is 32.1 Å². The Kier molecular flexibility index (Phi) is 4.66. The van der Waals surface area contributed by atoms with Gasteiger partial charge in [-0.3, -0.25) is 4.79 Å². The molecular weight excluding hydrogens is 244 g/mol. The van der Waals surface area contributed by atoms with E-state index >= 15 is 0 Å². The molecule has 2 rings (SSSR count). The van der Waals surface area contributed by atoms with Crippen LogP contribution in [-0.4, -0.2) is 21.3 Å². The van der Waals surface area contributed by atoms with Crippen molar-refractivity contribution in [1.82, 2.24) is 10.2 Å². The highest BCUT2D eigenvalue weighted by molar-refractivity contribution is 5.66. The number of aryl methyl sites for hydroxylation is 3. The van der Waals surface area contributed by atoms with Crippen LogP contribution in [0.15, 0.2) is 34.7 Å². The van der Waals surface area contributed by atoms with Crippen molar-refractivity contribution >= 4 is 5.97 Å². The number of carboxylic acids is 1. The standard InChI is InChI=1S/C14H16N2O3/c17-14(18)8-4-7-12-15-16-13(19-12)10-9-11-5-2-1-3-6-11/h1-3,5-6H,4,7-10H2,(H,17,18). The summed E-state index contributed by atoms with van der Waals surface area (Å²) < 4.78 is 5.47. The highest BCUT2D eigenvalue weighted by Crippen LogP contribution is 2.08. The van der Waals surface area contributed by atoms with E-state index < -0.39 is 5.97 Å². The molecule has 0 aliphatic carbocycles. The van der Waals surface area contributed by atoms with Gasteiger partial charge in [0.15, 0.2) is 0 Å². The van der Waals surface area contributed by atoms with Crippen molar-refractivity contribution in [2.24, 2.45) is 0 Å². The third-order valence-corrected chi connectivity index (χ3v) is 2.76. The summed E-state index contributed by atoms with van der Waals surface area (Å²) in [4.78, 5) is 10.4. The average molecular weight is 260 g/mol. The van der Waals surface area contributed by atoms with E-state index in [4.69, 9.17) is 9.52 Å². The summed E-state index contributed by atoms with van der Waals surface area (Å²) >= 11 is 0. The first-order valence-electron chi connectivity index (χ1n) is 6.31. The Labute approximate surface area is 111 Å². The minimum absolute atomic E-state index is 0.127. The third-order valence-electron chi connectivity index (χ3n) is 2.76. The molecule has 2 aromatic rings. The molecule has 1 aromatic carbocycles. The summed E-state index contributed by atoms with van der Waals surface area (Å²) in [6, 6.07) is 10.1. The molecule has 5 nitrogen and oxygen atoms in total. The molecule has 19 heavy (non-hydrogen) atoms. The van der Waals surface area contributed by atoms with Gasteiger partial charge in [0.2, 0.25) is 11.8 Å². The Morgan fingerprint density at radius 2 is 1.74 bits per heavy atom. The van der Waals surface area contributed by atoms with E-state index in [9.17, 15) is 4.79 Å². The fraction of sp³-hybridized carbons (Fsp3) is 0.357. The number of rotatable bonds is 7. The van der Waals surface area contributed by atoms with Gasteiger partial charge >= 0.3 is 5.97 Å². The third kappa shape index (κ3) is 4.54. The van der Waals surface area contributed by atoms with Gasteiger partial charge < -0.3 is 9.52 Å². The second-order valence-corrected chi connectivity index (χ2v) is 4.32. The SMILES string of the molecule is O=C(O)CCCc1nnc(CCc2ccccc2)o1. The highest BCUT2D eigenvalue weighted by Gasteiger charge is 2.07. The van der Waals surface area contributed by atoms with E-state index in [2.05, 4.69) is 22.3 Å². The summed E-state index contributed by atoms with van der Waals surface area (Å²) in [6.45, 7) is 0. The predicted octanol–water partition coefficient (Wildman–Crippen LogP) is 2.26. The molecule has 1 N–H and O–H groups in total. The van der Waals surface area contributed by atoms with E-state index in [0.29, 0.717) is 31.0 Å². The van der Waals surface area contributed by atoms with Gasteiger partial charge in [0, 0.05) is 19.3 Å². The van der Waals surface area contributed by atoms with Crippen LogP contribution >= 0.6 is 0 Å². The van der Waals surface area contributed by atoms with Crippen molar-refractivity contribution in [3.8, 4) is 0 Å². The largest absolute Gasteiger partial charge is 0.481 e. The van der Waals surface area contributed by atoms with Crippen LogP contribution in [0.3, 0.4) is 0 Å². The van der Waals surface area contributed by atoms with Crippen LogP contribution in [0.25, 0.3) is 0 Å². The lowest BCUT2D eigenvalue weighted by Crippen LogP contribution is -1.95. The van der Waals surface area contributed by atoms with Crippen LogP contribution in [0, 0.1) is 0 Å². The molecule has 0 aliphatic heterocycles. The van der Waals surface area contributed by atoms with Crippen LogP contribution in [0.2, 0.25) is 0 Å². The number of aliphatic carboxylic acids is 1. The van der Waals surface area contributed by atoms with Crippen molar-refractivity contribution in [1.29, 1.82) is 0 Å². The molecule has 5 heteroatoms. The van der Waals surface area contributed by atoms with Gasteiger partial charge in [-0.2, -0.15) is 0 Å². The Bertz CT molecular complexity index is 522. The maximum atomic E-state index is 10.4. The van der Waals surface area contributed by atoms with Crippen LogP contribution in [0.4, 0.5) is 0 Å². The molecule has 100 valence electrons. The van der Waals surface area contributed by atoms with Crippen LogP contribution < -0.4 is 0 Å². The average Bonchev–Trinajstić information content (AvgIpc) is 2.85. The lowest BCUT2D eigenvalue weighted by atomic mass is 10.1. The quantitative estimate of drug-likeness (QED) is 0.826. The Morgan fingerprint density at radius 3 is 2.42 bits per heavy atom. The molecule has 0 fully saturated rings. The van der Waals surface area contributed by atoms with E-state index in [1.165, 1.54) is 5.56 Å². The van der Waals surface area contributed by atoms with E-state index in [0.717, 1.165) is 6.42 Å². The first kappa shape index (κ1) is 13.3. The zero-order chi connectivity index (χ0) is 13.5. The number of carbonyl (C=O) groups is 1. The van der Waals surface area contributed by atoms with Gasteiger partial charge in [-0.1, -0.05) is 30.3 Å². The number of carboxylic acid groups (broad SMARTS) is 1. The second kappa shape index (κ2) is 6.68. The Morgan fingerprint density at radius 1 is 1.05 bits per heavy atom. The second-order valence-electron chi connectivity index (χ2n) is 4.32. The smallest absolute Gasteiger partial charge is 0.303 e. The molecule has 0 bridgehead atoms. The van der Waals surface area contributed by atoms with Gasteiger partial charge in [0.05, 0.1) is 0 Å². The molecular formula is C14H16N2O3. The molecule has 0 saturated heterocycles. The molecule has 0 unspecified atom stereocenters. The van der Waals surface area contributed by atoms with Crippen LogP contribution in [-0.2, 0) is 24.1 Å². The van der Waals surface area contributed by atoms with Crippen LogP contribution in [0.1, 0.15) is 30.2 Å². The summed E-state index contributed by atoms with van der Waals surface area (Å²) in [6.07, 6.45) is 2.73. The summed E-state index contributed by atoms with van der Waals surface area (Å²) in [5.74, 6) is 0.322. The molecule has 0 saturated carbocycles. The molecule has 0 atom stereocenters. The highest BCUT2D eigenvalue weighted by atomic mass is 16.4. The number of aromatic nitrogens is 2. The van der Waals surface area contributed by atoms with E-state index in [1.54, 1.807) is 0 Å². The lowest BCUT2D eigenvalue weighted by molar-refractivity contribution is -0.137. The number of hydrogen-bond acceptors (Lipinski definition) is 4. The van der Waals surface area contributed by atoms with Crippen molar-refractivity contribution in [3.63, 3.8) is 0 Å². The predicted molar refractivity (Wildman–Crippen MR) is 68.7 cm³/mol. The summed E-state index contributed by atoms with van der Waals surface area (Å²) in [7, 11) is 0. The molecule has 0 amide bonds. The zero-order valence-corrected chi connectivity index (χ0v) is 10.6. The van der Waals surface area contributed by atoms with Gasteiger partial charge in [0.1, 0.15) is 0 Å². The van der Waals surface area contributed by atoms with Crippen LogP contribution in [0.5, 0.6) is 0 Å². The molecule has 0 radical (unpaired) electrons. The first-order chi connectivity index (χ1) is 9.24. The fourth-order valence-electron chi connectivity index (χ4n) is 1.78. The molecule has 1 heterocycles. The van der Waals surface area contributed by atoms with E-state index in [1.807, 2.05) is 18.2 Å². The zero-order valence-electron chi connectivity index (χ0n) is 10.6. The van der Waals surface area contributed by atoms with Crippen molar-refractivity contribution < 1.29 is 14.3 Å². The first-order valence-corrected chi connectivity index (χ1v) is 6.31. The number of nitrogens with zero attached hydrogens (tertiary/aromatic N) is 2. The maximum absolute atomic E-state index is 10.4. The molecule has 0 spiro atoms. The Balaban J connectivity index is 1.79.